The maximum atomic E-state index is 11.8. The average Bonchev–Trinajstić information content (AvgIpc) is 2.13. The fourth-order valence-electron chi connectivity index (χ4n) is 2.01. The van der Waals surface area contributed by atoms with Crippen molar-refractivity contribution in [2.45, 2.75) is 44.7 Å². The van der Waals surface area contributed by atoms with Crippen LogP contribution in [0.4, 0.5) is 13.2 Å². The van der Waals surface area contributed by atoms with Crippen molar-refractivity contribution in [3.63, 3.8) is 0 Å². The first-order chi connectivity index (χ1) is 6.58. The third kappa shape index (κ3) is 5.85. The quantitative estimate of drug-likeness (QED) is 0.498. The molecule has 0 saturated heterocycles. The van der Waals surface area contributed by atoms with E-state index in [0.29, 0.717) is 0 Å². The first-order valence-corrected chi connectivity index (χ1v) is 6.77. The van der Waals surface area contributed by atoms with Crippen molar-refractivity contribution in [3.05, 3.63) is 0 Å². The summed E-state index contributed by atoms with van der Waals surface area (Å²) >= 11 is 0. The molecule has 0 heterocycles. The molecular weight excluding hydrogens is 208 g/mol. The van der Waals surface area contributed by atoms with Gasteiger partial charge in [-0.25, -0.2) is 0 Å². The van der Waals surface area contributed by atoms with E-state index in [-0.39, 0.29) is 8.58 Å². The van der Waals surface area contributed by atoms with Gasteiger partial charge >= 0.3 is 6.18 Å². The minimum atomic E-state index is -3.94. The topological polar surface area (TPSA) is 0 Å². The van der Waals surface area contributed by atoms with Crippen molar-refractivity contribution in [1.29, 1.82) is 0 Å². The summed E-state index contributed by atoms with van der Waals surface area (Å²) in [5, 5.41) is 0. The average molecular weight is 226 g/mol. The minimum absolute atomic E-state index is 0.0830. The van der Waals surface area contributed by atoms with Gasteiger partial charge in [-0.1, -0.05) is 32.1 Å². The normalized spacial score (nSPS) is 20.8. The van der Waals surface area contributed by atoms with E-state index in [9.17, 15) is 13.2 Å². The monoisotopic (exact) mass is 226 g/mol. The smallest absolute Gasteiger partial charge is 0.171 e. The molecule has 84 valence electrons. The summed E-state index contributed by atoms with van der Waals surface area (Å²) in [7, 11) is 0.0830. The van der Waals surface area contributed by atoms with Crippen LogP contribution in [0.5, 0.6) is 0 Å². The Labute approximate surface area is 85.4 Å². The fourth-order valence-corrected chi connectivity index (χ4v) is 3.08. The molecule has 0 radical (unpaired) electrons. The van der Waals surface area contributed by atoms with Crippen LogP contribution in [-0.2, 0) is 0 Å². The molecule has 1 saturated carbocycles. The Bertz CT molecular complexity index is 150. The Kier molecular flexibility index (Phi) is 5.22. The van der Waals surface area contributed by atoms with Gasteiger partial charge < -0.3 is 0 Å². The summed E-state index contributed by atoms with van der Waals surface area (Å²) in [6, 6.07) is 0. The summed E-state index contributed by atoms with van der Waals surface area (Å²) in [6.45, 7) is 0. The van der Waals surface area contributed by atoms with Gasteiger partial charge in [-0.15, -0.1) is 8.58 Å². The Balaban J connectivity index is 1.97. The van der Waals surface area contributed by atoms with E-state index in [2.05, 4.69) is 0 Å². The van der Waals surface area contributed by atoms with Crippen LogP contribution < -0.4 is 0 Å². The number of rotatable bonds is 4. The maximum absolute atomic E-state index is 11.8. The molecule has 0 aromatic heterocycles. The zero-order valence-corrected chi connectivity index (χ0v) is 9.37. The molecule has 1 fully saturated rings. The molecule has 0 aliphatic heterocycles. The van der Waals surface area contributed by atoms with E-state index in [4.69, 9.17) is 0 Å². The van der Waals surface area contributed by atoms with Gasteiger partial charge in [0, 0.05) is 0 Å². The summed E-state index contributed by atoms with van der Waals surface area (Å²) in [6.07, 6.45) is 3.68. The second-order valence-electron chi connectivity index (χ2n) is 4.08. The molecule has 0 bridgehead atoms. The molecule has 0 spiro atoms. The SMILES string of the molecule is FC(F)(F)CPCCC1CCCCC1. The van der Waals surface area contributed by atoms with E-state index in [0.717, 1.165) is 18.5 Å². The van der Waals surface area contributed by atoms with E-state index in [1.165, 1.54) is 32.1 Å². The number of hydrogen-bond donors (Lipinski definition) is 0. The van der Waals surface area contributed by atoms with Crippen molar-refractivity contribution in [3.8, 4) is 0 Å². The minimum Gasteiger partial charge on any atom is -0.171 e. The molecule has 1 rings (SSSR count). The van der Waals surface area contributed by atoms with Gasteiger partial charge in [-0.2, -0.15) is 13.2 Å². The predicted octanol–water partition coefficient (Wildman–Crippen LogP) is 4.20. The number of hydrogen-bond acceptors (Lipinski definition) is 0. The second-order valence-corrected chi connectivity index (χ2v) is 5.44. The third-order valence-corrected chi connectivity index (χ3v) is 4.07. The Hall–Kier alpha value is 0.220. The zero-order chi connectivity index (χ0) is 10.4. The van der Waals surface area contributed by atoms with Crippen molar-refractivity contribution in [1.82, 2.24) is 0 Å². The maximum Gasteiger partial charge on any atom is 0.392 e. The van der Waals surface area contributed by atoms with E-state index < -0.39 is 12.3 Å². The molecule has 4 heteroatoms. The Morgan fingerprint density at radius 2 is 1.71 bits per heavy atom. The number of alkyl halides is 3. The van der Waals surface area contributed by atoms with Gasteiger partial charge in [0.2, 0.25) is 0 Å². The van der Waals surface area contributed by atoms with Gasteiger partial charge in [0.1, 0.15) is 0 Å². The lowest BCUT2D eigenvalue weighted by Crippen LogP contribution is -2.11. The van der Waals surface area contributed by atoms with Crippen LogP contribution in [0.1, 0.15) is 38.5 Å². The van der Waals surface area contributed by atoms with E-state index in [1.807, 2.05) is 0 Å². The lowest BCUT2D eigenvalue weighted by atomic mass is 9.88. The van der Waals surface area contributed by atoms with Crippen LogP contribution in [0.25, 0.3) is 0 Å². The Morgan fingerprint density at radius 1 is 1.07 bits per heavy atom. The second kappa shape index (κ2) is 5.95. The molecule has 14 heavy (non-hydrogen) atoms. The third-order valence-electron chi connectivity index (χ3n) is 2.78. The van der Waals surface area contributed by atoms with Crippen LogP contribution in [0.2, 0.25) is 0 Å². The fraction of sp³-hybridized carbons (Fsp3) is 1.00. The van der Waals surface area contributed by atoms with Crippen molar-refractivity contribution in [2.75, 3.05) is 12.3 Å². The molecule has 1 atom stereocenters. The molecule has 1 aliphatic carbocycles. The van der Waals surface area contributed by atoms with E-state index >= 15 is 0 Å². The molecule has 0 amide bonds. The highest BCUT2D eigenvalue weighted by molar-refractivity contribution is 7.38. The molecule has 0 nitrogen and oxygen atoms in total. The summed E-state index contributed by atoms with van der Waals surface area (Å²) in [4.78, 5) is 0. The number of halogens is 3. The summed E-state index contributed by atoms with van der Waals surface area (Å²) in [5.74, 6) is 0.726. The molecule has 0 aromatic carbocycles. The van der Waals surface area contributed by atoms with E-state index in [1.54, 1.807) is 0 Å². The first-order valence-electron chi connectivity index (χ1n) is 5.35. The van der Waals surface area contributed by atoms with Crippen molar-refractivity contribution < 1.29 is 13.2 Å². The van der Waals surface area contributed by atoms with Gasteiger partial charge in [0.25, 0.3) is 0 Å². The molecule has 0 N–H and O–H groups in total. The van der Waals surface area contributed by atoms with Gasteiger partial charge in [-0.05, 0) is 18.5 Å². The molecule has 1 aliphatic rings. The first kappa shape index (κ1) is 12.3. The van der Waals surface area contributed by atoms with Crippen LogP contribution in [0, 0.1) is 5.92 Å². The molecular formula is C10H18F3P. The van der Waals surface area contributed by atoms with Gasteiger partial charge in [0.15, 0.2) is 0 Å². The van der Waals surface area contributed by atoms with Crippen LogP contribution in [-0.4, -0.2) is 18.5 Å². The van der Waals surface area contributed by atoms with Gasteiger partial charge in [0.05, 0.1) is 6.16 Å². The van der Waals surface area contributed by atoms with Crippen molar-refractivity contribution >= 4 is 8.58 Å². The highest BCUT2D eigenvalue weighted by atomic mass is 31.1. The van der Waals surface area contributed by atoms with Crippen molar-refractivity contribution in [2.24, 2.45) is 5.92 Å². The molecule has 1 unspecified atom stereocenters. The predicted molar refractivity (Wildman–Crippen MR) is 55.3 cm³/mol. The Morgan fingerprint density at radius 3 is 2.29 bits per heavy atom. The highest BCUT2D eigenvalue weighted by Gasteiger charge is 2.26. The van der Waals surface area contributed by atoms with Crippen LogP contribution >= 0.6 is 8.58 Å². The molecule has 0 aromatic rings. The lowest BCUT2D eigenvalue weighted by molar-refractivity contribution is -0.105. The standard InChI is InChI=1S/C10H18F3P/c11-10(12,13)8-14-7-6-9-4-2-1-3-5-9/h9,14H,1-8H2. The largest absolute Gasteiger partial charge is 0.392 e. The van der Waals surface area contributed by atoms with Crippen LogP contribution in [0.15, 0.2) is 0 Å². The summed E-state index contributed by atoms with van der Waals surface area (Å²) in [5.41, 5.74) is 0. The zero-order valence-electron chi connectivity index (χ0n) is 8.37. The highest BCUT2D eigenvalue weighted by Crippen LogP contribution is 2.31. The lowest BCUT2D eigenvalue weighted by Gasteiger charge is -2.21. The summed E-state index contributed by atoms with van der Waals surface area (Å²) < 4.78 is 35.5. The van der Waals surface area contributed by atoms with Gasteiger partial charge in [-0.3, -0.25) is 0 Å². The van der Waals surface area contributed by atoms with Crippen LogP contribution in [0.3, 0.4) is 0 Å².